The van der Waals surface area contributed by atoms with Crippen LogP contribution in [-0.2, 0) is 10.0 Å². The number of hydrogen-bond donors (Lipinski definition) is 2. The summed E-state index contributed by atoms with van der Waals surface area (Å²) < 4.78 is 40.2. The Hall–Kier alpha value is -1.14. The lowest BCUT2D eigenvalue weighted by Gasteiger charge is -2.22. The molecule has 1 aromatic carbocycles. The summed E-state index contributed by atoms with van der Waals surface area (Å²) in [5.74, 6) is -0.331. The fourth-order valence-corrected chi connectivity index (χ4v) is 3.92. The minimum absolute atomic E-state index is 0.0580. The van der Waals surface area contributed by atoms with Crippen LogP contribution in [0.15, 0.2) is 18.2 Å². The third-order valence-corrected chi connectivity index (χ3v) is 4.82. The van der Waals surface area contributed by atoms with Crippen LogP contribution >= 0.6 is 0 Å². The predicted molar refractivity (Wildman–Crippen MR) is 74.1 cm³/mol. The Morgan fingerprint density at radius 1 is 1.37 bits per heavy atom. The lowest BCUT2D eigenvalue weighted by atomic mass is 10.0. The van der Waals surface area contributed by atoms with Crippen molar-refractivity contribution in [2.24, 2.45) is 5.92 Å². The molecule has 19 heavy (non-hydrogen) atoms. The fourth-order valence-electron chi connectivity index (χ4n) is 2.32. The van der Waals surface area contributed by atoms with Gasteiger partial charge in [-0.1, -0.05) is 12.1 Å². The Morgan fingerprint density at radius 3 is 2.68 bits per heavy atom. The Bertz CT molecular complexity index is 519. The van der Waals surface area contributed by atoms with Crippen LogP contribution in [0, 0.1) is 18.7 Å². The van der Waals surface area contributed by atoms with E-state index in [0.717, 1.165) is 25.9 Å². The highest BCUT2D eigenvalue weighted by atomic mass is 32.2. The molecule has 1 aliphatic heterocycles. The van der Waals surface area contributed by atoms with Crippen LogP contribution in [0.4, 0.5) is 10.1 Å². The maximum absolute atomic E-state index is 13.6. The molecule has 0 aliphatic carbocycles. The van der Waals surface area contributed by atoms with Gasteiger partial charge >= 0.3 is 0 Å². The van der Waals surface area contributed by atoms with Crippen molar-refractivity contribution in [3.05, 3.63) is 29.6 Å². The van der Waals surface area contributed by atoms with Crippen molar-refractivity contribution in [2.75, 3.05) is 23.6 Å². The molecule has 0 amide bonds. The highest BCUT2D eigenvalue weighted by Gasteiger charge is 2.22. The highest BCUT2D eigenvalue weighted by molar-refractivity contribution is 7.92. The monoisotopic (exact) mass is 286 g/mol. The van der Waals surface area contributed by atoms with Crippen LogP contribution in [0.2, 0.25) is 0 Å². The smallest absolute Gasteiger partial charge is 0.233 e. The summed E-state index contributed by atoms with van der Waals surface area (Å²) in [6, 6.07) is 4.51. The second kappa shape index (κ2) is 5.88. The number of nitrogens with one attached hydrogen (secondary N) is 2. The van der Waals surface area contributed by atoms with E-state index in [4.69, 9.17) is 0 Å². The van der Waals surface area contributed by atoms with Crippen LogP contribution < -0.4 is 10.0 Å². The van der Waals surface area contributed by atoms with Gasteiger partial charge in [0.1, 0.15) is 5.82 Å². The Labute approximate surface area is 113 Å². The zero-order chi connectivity index (χ0) is 13.9. The van der Waals surface area contributed by atoms with Crippen LogP contribution in [0.1, 0.15) is 18.4 Å². The van der Waals surface area contributed by atoms with Crippen molar-refractivity contribution in [1.29, 1.82) is 0 Å². The standard InChI is InChI=1S/C13H19FN2O2S/c1-10-3-2-4-12(14)13(10)16-19(17,18)9-11-5-7-15-8-6-11/h2-4,11,15-16H,5-9H2,1H3. The summed E-state index contributed by atoms with van der Waals surface area (Å²) in [7, 11) is -3.50. The zero-order valence-electron chi connectivity index (χ0n) is 10.9. The summed E-state index contributed by atoms with van der Waals surface area (Å²) >= 11 is 0. The van der Waals surface area contributed by atoms with E-state index in [1.54, 1.807) is 19.1 Å². The van der Waals surface area contributed by atoms with E-state index in [2.05, 4.69) is 10.0 Å². The maximum Gasteiger partial charge on any atom is 0.233 e. The first kappa shape index (κ1) is 14.3. The SMILES string of the molecule is Cc1cccc(F)c1NS(=O)(=O)CC1CCNCC1. The number of hydrogen-bond acceptors (Lipinski definition) is 3. The Morgan fingerprint density at radius 2 is 2.05 bits per heavy atom. The molecule has 1 fully saturated rings. The van der Waals surface area contributed by atoms with Crippen molar-refractivity contribution < 1.29 is 12.8 Å². The number of piperidine rings is 1. The van der Waals surface area contributed by atoms with Gasteiger partial charge in [0.25, 0.3) is 0 Å². The molecule has 0 saturated carbocycles. The quantitative estimate of drug-likeness (QED) is 0.888. The van der Waals surface area contributed by atoms with Crippen molar-refractivity contribution in [2.45, 2.75) is 19.8 Å². The molecule has 0 atom stereocenters. The summed E-state index contributed by atoms with van der Waals surface area (Å²) in [5.41, 5.74) is 0.658. The second-order valence-corrected chi connectivity index (χ2v) is 6.78. The molecule has 106 valence electrons. The van der Waals surface area contributed by atoms with E-state index in [-0.39, 0.29) is 17.4 Å². The van der Waals surface area contributed by atoms with E-state index in [9.17, 15) is 12.8 Å². The van der Waals surface area contributed by atoms with Gasteiger partial charge in [-0.15, -0.1) is 0 Å². The molecule has 6 heteroatoms. The molecular weight excluding hydrogens is 267 g/mol. The molecule has 1 aromatic rings. The first-order valence-electron chi connectivity index (χ1n) is 6.44. The summed E-state index contributed by atoms with van der Waals surface area (Å²) in [6.07, 6.45) is 1.69. The van der Waals surface area contributed by atoms with E-state index in [1.807, 2.05) is 0 Å². The van der Waals surface area contributed by atoms with Gasteiger partial charge in [0.2, 0.25) is 10.0 Å². The molecule has 0 aromatic heterocycles. The molecule has 2 N–H and O–H groups in total. The summed E-state index contributed by atoms with van der Waals surface area (Å²) in [6.45, 7) is 3.38. The van der Waals surface area contributed by atoms with Gasteiger partial charge in [0, 0.05) is 0 Å². The average Bonchev–Trinajstić information content (AvgIpc) is 2.35. The maximum atomic E-state index is 13.6. The summed E-state index contributed by atoms with van der Waals surface area (Å²) in [4.78, 5) is 0. The van der Waals surface area contributed by atoms with E-state index < -0.39 is 15.8 Å². The van der Waals surface area contributed by atoms with Crippen LogP contribution in [0.5, 0.6) is 0 Å². The van der Waals surface area contributed by atoms with Crippen molar-refractivity contribution in [3.63, 3.8) is 0 Å². The Kier molecular flexibility index (Phi) is 4.42. The molecule has 1 heterocycles. The molecule has 4 nitrogen and oxygen atoms in total. The third kappa shape index (κ3) is 3.91. The van der Waals surface area contributed by atoms with Crippen LogP contribution in [0.3, 0.4) is 0 Å². The predicted octanol–water partition coefficient (Wildman–Crippen LogP) is 1.88. The van der Waals surface area contributed by atoms with Gasteiger partial charge in [0.05, 0.1) is 11.4 Å². The molecule has 0 radical (unpaired) electrons. The molecule has 0 spiro atoms. The van der Waals surface area contributed by atoms with Crippen molar-refractivity contribution in [3.8, 4) is 0 Å². The second-order valence-electron chi connectivity index (χ2n) is 5.01. The van der Waals surface area contributed by atoms with Gasteiger partial charge in [-0.25, -0.2) is 12.8 Å². The largest absolute Gasteiger partial charge is 0.317 e. The lowest BCUT2D eigenvalue weighted by Crippen LogP contribution is -2.33. The molecule has 0 bridgehead atoms. The number of halogens is 1. The van der Waals surface area contributed by atoms with Crippen LogP contribution in [-0.4, -0.2) is 27.3 Å². The van der Waals surface area contributed by atoms with E-state index in [1.165, 1.54) is 6.07 Å². The van der Waals surface area contributed by atoms with Gasteiger partial charge in [0.15, 0.2) is 0 Å². The Balaban J connectivity index is 2.08. The van der Waals surface area contributed by atoms with Crippen LogP contribution in [0.25, 0.3) is 0 Å². The normalized spacial score (nSPS) is 17.4. The molecule has 1 aliphatic rings. The topological polar surface area (TPSA) is 58.2 Å². The van der Waals surface area contributed by atoms with Gasteiger partial charge in [-0.05, 0) is 50.4 Å². The van der Waals surface area contributed by atoms with E-state index >= 15 is 0 Å². The first-order chi connectivity index (χ1) is 8.98. The molecule has 2 rings (SSSR count). The third-order valence-electron chi connectivity index (χ3n) is 3.39. The number of sulfonamides is 1. The van der Waals surface area contributed by atoms with Gasteiger partial charge in [-0.2, -0.15) is 0 Å². The molecule has 1 saturated heterocycles. The fraction of sp³-hybridized carbons (Fsp3) is 0.538. The average molecular weight is 286 g/mol. The zero-order valence-corrected chi connectivity index (χ0v) is 11.8. The van der Waals surface area contributed by atoms with E-state index in [0.29, 0.717) is 5.56 Å². The lowest BCUT2D eigenvalue weighted by molar-refractivity contribution is 0.402. The number of aryl methyl sites for hydroxylation is 1. The highest BCUT2D eigenvalue weighted by Crippen LogP contribution is 2.22. The minimum atomic E-state index is -3.50. The number of anilines is 1. The number of rotatable bonds is 4. The molecule has 0 unspecified atom stereocenters. The number of para-hydroxylation sites is 1. The minimum Gasteiger partial charge on any atom is -0.317 e. The van der Waals surface area contributed by atoms with Gasteiger partial charge in [-0.3, -0.25) is 4.72 Å². The summed E-state index contributed by atoms with van der Waals surface area (Å²) in [5, 5.41) is 3.19. The first-order valence-corrected chi connectivity index (χ1v) is 8.09. The van der Waals surface area contributed by atoms with Crippen molar-refractivity contribution in [1.82, 2.24) is 5.32 Å². The molecular formula is C13H19FN2O2S. The number of benzene rings is 1. The van der Waals surface area contributed by atoms with Crippen molar-refractivity contribution >= 4 is 15.7 Å². The van der Waals surface area contributed by atoms with Gasteiger partial charge < -0.3 is 5.32 Å².